The second kappa shape index (κ2) is 9.68. The van der Waals surface area contributed by atoms with E-state index < -0.39 is 0 Å². The van der Waals surface area contributed by atoms with Crippen molar-refractivity contribution in [1.29, 1.82) is 0 Å². The molecule has 6 heteroatoms. The fraction of sp³-hybridized carbons (Fsp3) is 0.520. The van der Waals surface area contributed by atoms with Crippen LogP contribution in [0.2, 0.25) is 5.02 Å². The third kappa shape index (κ3) is 4.50. The first-order valence-corrected chi connectivity index (χ1v) is 11.7. The Morgan fingerprint density at radius 1 is 1.06 bits per heavy atom. The Labute approximate surface area is 191 Å². The van der Waals surface area contributed by atoms with Crippen LogP contribution in [-0.4, -0.2) is 50.8 Å². The summed E-state index contributed by atoms with van der Waals surface area (Å²) in [4.78, 5) is 5.21. The van der Waals surface area contributed by atoms with E-state index in [1.54, 1.807) is 7.11 Å². The Kier molecular flexibility index (Phi) is 6.95. The van der Waals surface area contributed by atoms with Crippen LogP contribution in [0.15, 0.2) is 30.3 Å². The number of piperazine rings is 1. The van der Waals surface area contributed by atoms with Crippen LogP contribution in [0, 0.1) is 13.8 Å². The van der Waals surface area contributed by atoms with Crippen LogP contribution in [0.5, 0.6) is 11.5 Å². The van der Waals surface area contributed by atoms with Gasteiger partial charge in [-0.15, -0.1) is 0 Å². The molecule has 0 bridgehead atoms. The monoisotopic (exact) mass is 443 g/mol. The van der Waals surface area contributed by atoms with E-state index in [1.807, 2.05) is 6.07 Å². The summed E-state index contributed by atoms with van der Waals surface area (Å²) in [7, 11) is 1.67. The molecule has 0 aromatic heterocycles. The number of methoxy groups -OCH3 is 1. The molecule has 0 spiro atoms. The molecule has 0 saturated carbocycles. The van der Waals surface area contributed by atoms with Crippen LogP contribution in [0.3, 0.4) is 0 Å². The summed E-state index contributed by atoms with van der Waals surface area (Å²) in [5.41, 5.74) is 10.8. The van der Waals surface area contributed by atoms with Gasteiger partial charge in [-0.2, -0.15) is 0 Å². The molecule has 2 aromatic rings. The normalized spacial score (nSPS) is 21.6. The maximum absolute atomic E-state index is 6.23. The number of anilines is 1. The molecule has 5 nitrogen and oxygen atoms in total. The average molecular weight is 444 g/mol. The Hall–Kier alpha value is -1.95. The van der Waals surface area contributed by atoms with Crippen LogP contribution < -0.4 is 20.1 Å². The third-order valence-electron chi connectivity index (χ3n) is 6.96. The Morgan fingerprint density at radius 3 is 2.68 bits per heavy atom. The zero-order chi connectivity index (χ0) is 22.0. The minimum absolute atomic E-state index is 0.475. The second-order valence-corrected chi connectivity index (χ2v) is 9.05. The van der Waals surface area contributed by atoms with Crippen LogP contribution in [0.4, 0.5) is 5.69 Å². The van der Waals surface area contributed by atoms with E-state index in [9.17, 15) is 0 Å². The summed E-state index contributed by atoms with van der Waals surface area (Å²) in [5.74, 6) is 1.70. The first-order chi connectivity index (χ1) is 15.0. The van der Waals surface area contributed by atoms with E-state index in [-0.39, 0.29) is 0 Å². The molecule has 1 unspecified atom stereocenters. The Morgan fingerprint density at radius 2 is 1.90 bits per heavy atom. The molecular formula is C25H34ClN3O2. The number of piperidine rings is 1. The first-order valence-electron chi connectivity index (χ1n) is 11.3. The lowest BCUT2D eigenvalue weighted by Gasteiger charge is -2.49. The summed E-state index contributed by atoms with van der Waals surface area (Å²) in [5, 5.41) is 0.660. The number of hydrogen-bond acceptors (Lipinski definition) is 5. The van der Waals surface area contributed by atoms with E-state index >= 15 is 0 Å². The van der Waals surface area contributed by atoms with Gasteiger partial charge in [0.2, 0.25) is 0 Å². The van der Waals surface area contributed by atoms with Crippen molar-refractivity contribution in [2.45, 2.75) is 45.2 Å². The molecule has 2 saturated heterocycles. The largest absolute Gasteiger partial charge is 0.495 e. The first kappa shape index (κ1) is 22.3. The van der Waals surface area contributed by atoms with E-state index in [0.717, 1.165) is 31.1 Å². The van der Waals surface area contributed by atoms with Crippen LogP contribution >= 0.6 is 11.6 Å². The molecule has 2 aliphatic heterocycles. The number of ether oxygens (including phenoxy) is 2. The Bertz CT molecular complexity index is 920. The van der Waals surface area contributed by atoms with Crippen molar-refractivity contribution in [2.75, 3.05) is 44.8 Å². The van der Waals surface area contributed by atoms with Gasteiger partial charge in [-0.1, -0.05) is 17.7 Å². The molecule has 0 amide bonds. The van der Waals surface area contributed by atoms with Gasteiger partial charge in [-0.05, 0) is 68.0 Å². The van der Waals surface area contributed by atoms with Gasteiger partial charge >= 0.3 is 0 Å². The summed E-state index contributed by atoms with van der Waals surface area (Å²) in [6.45, 7) is 8.60. The number of nitrogens with zero attached hydrogens (tertiary/aromatic N) is 2. The van der Waals surface area contributed by atoms with Crippen molar-refractivity contribution < 1.29 is 9.47 Å². The minimum atomic E-state index is 0.475. The van der Waals surface area contributed by atoms with Gasteiger partial charge in [0.25, 0.3) is 0 Å². The highest BCUT2D eigenvalue weighted by atomic mass is 35.5. The molecule has 2 heterocycles. The van der Waals surface area contributed by atoms with Gasteiger partial charge in [0.1, 0.15) is 18.1 Å². The maximum atomic E-state index is 6.23. The van der Waals surface area contributed by atoms with Crippen molar-refractivity contribution >= 4 is 17.3 Å². The van der Waals surface area contributed by atoms with Crippen LogP contribution in [-0.2, 0) is 0 Å². The lowest BCUT2D eigenvalue weighted by atomic mass is 9.86. The molecule has 2 aliphatic rings. The SMILES string of the molecule is COc1cc(N2CCN3C(CCC[C@@H]3c3ccc(OCCN)c(C)c3C)C2)ccc1Cl. The molecule has 2 fully saturated rings. The lowest BCUT2D eigenvalue weighted by Crippen LogP contribution is -2.56. The summed E-state index contributed by atoms with van der Waals surface area (Å²) in [6, 6.07) is 11.5. The molecule has 0 aliphatic carbocycles. The van der Waals surface area contributed by atoms with Crippen LogP contribution in [0.1, 0.15) is 42.0 Å². The van der Waals surface area contributed by atoms with Gasteiger partial charge in [0.15, 0.2) is 0 Å². The molecule has 2 atom stereocenters. The number of rotatable bonds is 6. The molecule has 2 N–H and O–H groups in total. The summed E-state index contributed by atoms with van der Waals surface area (Å²) >= 11 is 6.23. The predicted octanol–water partition coefficient (Wildman–Crippen LogP) is 4.72. The van der Waals surface area contributed by atoms with Crippen molar-refractivity contribution in [1.82, 2.24) is 4.90 Å². The van der Waals surface area contributed by atoms with E-state index in [1.165, 1.54) is 41.6 Å². The lowest BCUT2D eigenvalue weighted by molar-refractivity contribution is 0.0712. The average Bonchev–Trinajstić information content (AvgIpc) is 2.80. The van der Waals surface area contributed by atoms with Crippen molar-refractivity contribution in [3.8, 4) is 11.5 Å². The van der Waals surface area contributed by atoms with Gasteiger partial charge < -0.3 is 20.1 Å². The number of benzene rings is 2. The number of nitrogens with two attached hydrogens (primary N) is 1. The predicted molar refractivity (Wildman–Crippen MR) is 128 cm³/mol. The smallest absolute Gasteiger partial charge is 0.139 e. The molecule has 168 valence electrons. The third-order valence-corrected chi connectivity index (χ3v) is 7.27. The minimum Gasteiger partial charge on any atom is -0.495 e. The molecule has 4 rings (SSSR count). The fourth-order valence-electron chi connectivity index (χ4n) is 5.17. The quantitative estimate of drug-likeness (QED) is 0.700. The summed E-state index contributed by atoms with van der Waals surface area (Å²) in [6.07, 6.45) is 3.72. The summed E-state index contributed by atoms with van der Waals surface area (Å²) < 4.78 is 11.3. The number of fused-ring (bicyclic) bond motifs is 1. The fourth-order valence-corrected chi connectivity index (χ4v) is 5.36. The van der Waals surface area contributed by atoms with Crippen molar-refractivity contribution in [2.24, 2.45) is 5.73 Å². The molecule has 31 heavy (non-hydrogen) atoms. The Balaban J connectivity index is 1.52. The highest BCUT2D eigenvalue weighted by Gasteiger charge is 2.36. The highest BCUT2D eigenvalue weighted by molar-refractivity contribution is 6.32. The van der Waals surface area contributed by atoms with Crippen LogP contribution in [0.25, 0.3) is 0 Å². The van der Waals surface area contributed by atoms with Gasteiger partial charge in [-0.25, -0.2) is 0 Å². The molecule has 0 radical (unpaired) electrons. The van der Waals surface area contributed by atoms with E-state index in [2.05, 4.69) is 47.9 Å². The topological polar surface area (TPSA) is 51.0 Å². The standard InChI is InChI=1S/C25H34ClN3O2/c1-17-18(2)24(31-14-11-27)10-8-21(17)23-6-4-5-20-16-28(12-13-29(20)23)19-7-9-22(26)25(15-19)30-3/h7-10,15,20,23H,4-6,11-14,16,27H2,1-3H3/t20?,23-/m1/s1. The van der Waals surface area contributed by atoms with E-state index in [0.29, 0.717) is 30.3 Å². The van der Waals surface area contributed by atoms with Gasteiger partial charge in [0.05, 0.1) is 12.1 Å². The molecular weight excluding hydrogens is 410 g/mol. The number of halogens is 1. The zero-order valence-corrected chi connectivity index (χ0v) is 19.6. The van der Waals surface area contributed by atoms with Gasteiger partial charge in [0, 0.05) is 50.0 Å². The van der Waals surface area contributed by atoms with E-state index in [4.69, 9.17) is 26.8 Å². The highest BCUT2D eigenvalue weighted by Crippen LogP contribution is 2.40. The van der Waals surface area contributed by atoms with Gasteiger partial charge in [-0.3, -0.25) is 4.90 Å². The number of hydrogen-bond donors (Lipinski definition) is 1. The zero-order valence-electron chi connectivity index (χ0n) is 18.9. The second-order valence-electron chi connectivity index (χ2n) is 8.64. The van der Waals surface area contributed by atoms with Crippen molar-refractivity contribution in [3.05, 3.63) is 52.0 Å². The van der Waals surface area contributed by atoms with Crippen molar-refractivity contribution in [3.63, 3.8) is 0 Å². The maximum Gasteiger partial charge on any atom is 0.139 e. The molecule has 2 aromatic carbocycles.